The summed E-state index contributed by atoms with van der Waals surface area (Å²) in [6.07, 6.45) is 0. The number of rotatable bonds is 6. The van der Waals surface area contributed by atoms with Gasteiger partial charge in [-0.15, -0.1) is 24.3 Å². The molecule has 0 fully saturated rings. The molecule has 3 aromatic heterocycles. The number of aromatic nitrogens is 2. The first-order valence-corrected chi connectivity index (χ1v) is 17.1. The number of hydrogen-bond acceptors (Lipinski definition) is 4. The van der Waals surface area contributed by atoms with Gasteiger partial charge in [0.05, 0.1) is 5.69 Å². The van der Waals surface area contributed by atoms with Crippen LogP contribution in [-0.2, 0) is 21.1 Å². The molecular formula is C47H30FN2O2Pt-. The van der Waals surface area contributed by atoms with Crippen molar-refractivity contribution in [1.29, 1.82) is 0 Å². The number of furan rings is 1. The van der Waals surface area contributed by atoms with Crippen LogP contribution in [-0.4, -0.2) is 15.1 Å². The van der Waals surface area contributed by atoms with Crippen molar-refractivity contribution in [2.24, 2.45) is 0 Å². The van der Waals surface area contributed by atoms with E-state index in [2.05, 4.69) is 66.7 Å². The van der Waals surface area contributed by atoms with Crippen molar-refractivity contribution in [3.8, 4) is 72.9 Å². The molecule has 0 bridgehead atoms. The normalized spacial score (nSPS) is 11.1. The molecule has 6 aromatic carbocycles. The SMILES string of the molecule is Cc1cc(-c2cccc3c2oc2c(-c4ccccc4)cccc23)cc(-c2[c-]c(-c3cc(-c4ccccc4)cc(-c4ccc(F)cc4O)n3)ccc2)n1.[Pt]. The third-order valence-corrected chi connectivity index (χ3v) is 9.39. The number of benzene rings is 6. The van der Waals surface area contributed by atoms with Crippen LogP contribution in [0.1, 0.15) is 5.69 Å². The molecule has 0 amide bonds. The van der Waals surface area contributed by atoms with Gasteiger partial charge in [-0.2, -0.15) is 0 Å². The summed E-state index contributed by atoms with van der Waals surface area (Å²) in [5.74, 6) is -0.686. The number of fused-ring (bicyclic) bond motifs is 3. The summed E-state index contributed by atoms with van der Waals surface area (Å²) in [5, 5.41) is 12.8. The minimum absolute atomic E-state index is 0. The fourth-order valence-electron chi connectivity index (χ4n) is 6.95. The van der Waals surface area contributed by atoms with Crippen LogP contribution in [0.5, 0.6) is 5.75 Å². The predicted octanol–water partition coefficient (Wildman–Crippen LogP) is 12.3. The van der Waals surface area contributed by atoms with Crippen molar-refractivity contribution < 1.29 is 35.0 Å². The van der Waals surface area contributed by atoms with Crippen LogP contribution in [0.4, 0.5) is 4.39 Å². The van der Waals surface area contributed by atoms with Crippen molar-refractivity contribution in [3.63, 3.8) is 0 Å². The molecule has 0 atom stereocenters. The van der Waals surface area contributed by atoms with Gasteiger partial charge in [-0.05, 0) is 53.4 Å². The topological polar surface area (TPSA) is 59.2 Å². The van der Waals surface area contributed by atoms with E-state index in [0.717, 1.165) is 83.9 Å². The number of aromatic hydroxyl groups is 1. The largest absolute Gasteiger partial charge is 0.507 e. The Morgan fingerprint density at radius 3 is 1.74 bits per heavy atom. The second-order valence-electron chi connectivity index (χ2n) is 12.8. The molecule has 0 saturated heterocycles. The molecule has 53 heavy (non-hydrogen) atoms. The average molecular weight is 869 g/mol. The molecule has 1 N–H and O–H groups in total. The third-order valence-electron chi connectivity index (χ3n) is 9.39. The molecule has 4 nitrogen and oxygen atoms in total. The molecule has 3 heterocycles. The molecule has 0 saturated carbocycles. The van der Waals surface area contributed by atoms with E-state index in [1.807, 2.05) is 85.8 Å². The van der Waals surface area contributed by atoms with Gasteiger partial charge >= 0.3 is 0 Å². The molecule has 9 aromatic rings. The maximum atomic E-state index is 13.9. The van der Waals surface area contributed by atoms with Gasteiger partial charge in [-0.3, -0.25) is 9.97 Å². The van der Waals surface area contributed by atoms with E-state index in [1.54, 1.807) is 6.07 Å². The second-order valence-corrected chi connectivity index (χ2v) is 12.8. The van der Waals surface area contributed by atoms with E-state index in [9.17, 15) is 9.50 Å². The van der Waals surface area contributed by atoms with Crippen molar-refractivity contribution in [2.75, 3.05) is 0 Å². The smallest absolute Gasteiger partial charge is 0.143 e. The number of aryl methyl sites for hydroxylation is 1. The predicted molar refractivity (Wildman–Crippen MR) is 207 cm³/mol. The van der Waals surface area contributed by atoms with E-state index in [0.29, 0.717) is 17.0 Å². The summed E-state index contributed by atoms with van der Waals surface area (Å²) >= 11 is 0. The number of nitrogens with zero attached hydrogens (tertiary/aromatic N) is 2. The Bertz CT molecular complexity index is 2780. The monoisotopic (exact) mass is 868 g/mol. The Kier molecular flexibility index (Phi) is 9.03. The first kappa shape index (κ1) is 34.0. The van der Waals surface area contributed by atoms with Gasteiger partial charge < -0.3 is 9.52 Å². The van der Waals surface area contributed by atoms with Crippen molar-refractivity contribution in [1.82, 2.24) is 9.97 Å². The van der Waals surface area contributed by atoms with Crippen LogP contribution in [0.3, 0.4) is 0 Å². The zero-order valence-electron chi connectivity index (χ0n) is 28.5. The van der Waals surface area contributed by atoms with Gasteiger partial charge in [0, 0.05) is 71.7 Å². The summed E-state index contributed by atoms with van der Waals surface area (Å²) in [4.78, 5) is 9.88. The van der Waals surface area contributed by atoms with Crippen LogP contribution >= 0.6 is 0 Å². The number of phenolic OH excluding ortho intramolecular Hbond substituents is 1. The fraction of sp³-hybridized carbons (Fsp3) is 0.0213. The Morgan fingerprint density at radius 1 is 0.509 bits per heavy atom. The minimum Gasteiger partial charge on any atom is -0.507 e. The molecule has 0 aliphatic heterocycles. The van der Waals surface area contributed by atoms with Crippen LogP contribution in [0.25, 0.3) is 89.1 Å². The minimum atomic E-state index is -0.514. The Morgan fingerprint density at radius 2 is 1.08 bits per heavy atom. The molecule has 6 heteroatoms. The van der Waals surface area contributed by atoms with Gasteiger partial charge in [-0.25, -0.2) is 4.39 Å². The van der Waals surface area contributed by atoms with E-state index in [-0.39, 0.29) is 26.8 Å². The molecular weight excluding hydrogens is 839 g/mol. The van der Waals surface area contributed by atoms with Gasteiger partial charge in [0.15, 0.2) is 0 Å². The standard InChI is InChI=1S/C47H30FN2O2.Pt/c1-29-23-35(38-18-10-20-40-39-19-9-17-37(46(39)52-47(38)40)31-13-6-3-7-14-31)27-42(49-29)32-15-8-16-33(24-32)43-25-34(30-11-4-2-5-12-30)26-44(50-43)41-22-21-36(48)28-45(41)51;/h2-23,25-28,51H,1H3;/q-1;. The van der Waals surface area contributed by atoms with Crippen molar-refractivity contribution in [3.05, 3.63) is 175 Å². The second kappa shape index (κ2) is 14.1. The summed E-state index contributed by atoms with van der Waals surface area (Å²) in [7, 11) is 0. The van der Waals surface area contributed by atoms with Gasteiger partial charge in [0.2, 0.25) is 0 Å². The molecule has 9 rings (SSSR count). The number of phenols is 1. The Labute approximate surface area is 320 Å². The van der Waals surface area contributed by atoms with Crippen molar-refractivity contribution >= 4 is 21.9 Å². The Hall–Kier alpha value is -6.16. The van der Waals surface area contributed by atoms with Gasteiger partial charge in [-0.1, -0.05) is 120 Å². The van der Waals surface area contributed by atoms with Crippen LogP contribution in [0.15, 0.2) is 162 Å². The van der Waals surface area contributed by atoms with E-state index < -0.39 is 5.82 Å². The van der Waals surface area contributed by atoms with Gasteiger partial charge in [0.25, 0.3) is 0 Å². The van der Waals surface area contributed by atoms with Gasteiger partial charge in [0.1, 0.15) is 22.7 Å². The number of para-hydroxylation sites is 2. The third kappa shape index (κ3) is 6.45. The van der Waals surface area contributed by atoms with Crippen LogP contribution < -0.4 is 0 Å². The zero-order valence-corrected chi connectivity index (χ0v) is 30.7. The van der Waals surface area contributed by atoms with Crippen molar-refractivity contribution in [2.45, 2.75) is 6.92 Å². The molecule has 0 aliphatic rings. The Balaban J connectivity index is 0.00000400. The summed E-state index contributed by atoms with van der Waals surface area (Å²) in [6.45, 7) is 2.00. The summed E-state index contributed by atoms with van der Waals surface area (Å²) < 4.78 is 20.7. The summed E-state index contributed by atoms with van der Waals surface area (Å²) in [6, 6.07) is 54.4. The van der Waals surface area contributed by atoms with Crippen LogP contribution in [0, 0.1) is 18.8 Å². The zero-order chi connectivity index (χ0) is 35.2. The van der Waals surface area contributed by atoms with Crippen LogP contribution in [0.2, 0.25) is 0 Å². The molecule has 0 unspecified atom stereocenters. The maximum absolute atomic E-state index is 13.9. The van der Waals surface area contributed by atoms with E-state index >= 15 is 0 Å². The molecule has 0 aliphatic carbocycles. The summed E-state index contributed by atoms with van der Waals surface area (Å²) in [5.41, 5.74) is 12.6. The molecule has 258 valence electrons. The van der Waals surface area contributed by atoms with E-state index in [1.165, 1.54) is 6.07 Å². The first-order valence-electron chi connectivity index (χ1n) is 17.1. The average Bonchev–Trinajstić information content (AvgIpc) is 3.57. The quantitative estimate of drug-likeness (QED) is 0.169. The first-order chi connectivity index (χ1) is 25.5. The fourth-order valence-corrected chi connectivity index (χ4v) is 6.95. The van der Waals surface area contributed by atoms with E-state index in [4.69, 9.17) is 14.4 Å². The number of hydrogen-bond donors (Lipinski definition) is 1. The molecule has 0 spiro atoms. The number of halogens is 1. The number of pyridine rings is 2. The maximum Gasteiger partial charge on any atom is 0.143 e. The molecule has 0 radical (unpaired) electrons.